The molecule has 0 heterocycles. The molecule has 0 bridgehead atoms. The molecule has 0 fully saturated rings. The first-order valence-electron chi connectivity index (χ1n) is 10.3. The van der Waals surface area contributed by atoms with Gasteiger partial charge < -0.3 is 9.13 Å². The van der Waals surface area contributed by atoms with Gasteiger partial charge in [0.1, 0.15) is 0 Å². The van der Waals surface area contributed by atoms with E-state index in [1.165, 1.54) is 0 Å². The van der Waals surface area contributed by atoms with Crippen LogP contribution in [0, 0.1) is 0 Å². The summed E-state index contributed by atoms with van der Waals surface area (Å²) >= 11 is 0. The molecule has 0 aliphatic carbocycles. The molecule has 3 nitrogen and oxygen atoms in total. The van der Waals surface area contributed by atoms with Crippen molar-refractivity contribution in [2.75, 3.05) is 11.0 Å². The summed E-state index contributed by atoms with van der Waals surface area (Å²) in [5, 5.41) is 2.64. The Morgan fingerprint density at radius 3 is 0.875 bits per heavy atom. The van der Waals surface area contributed by atoms with Crippen molar-refractivity contribution in [1.29, 1.82) is 0 Å². The Labute approximate surface area is 191 Å². The molecule has 32 heavy (non-hydrogen) atoms. The van der Waals surface area contributed by atoms with Crippen LogP contribution < -0.4 is 21.2 Å². The molecule has 4 aromatic carbocycles. The van der Waals surface area contributed by atoms with Crippen molar-refractivity contribution < 1.29 is 13.3 Å². The van der Waals surface area contributed by atoms with Crippen LogP contribution >= 0.6 is 14.3 Å². The summed E-state index contributed by atoms with van der Waals surface area (Å²) < 4.78 is 42.1. The van der Waals surface area contributed by atoms with E-state index < -0.39 is 25.1 Å². The van der Waals surface area contributed by atoms with Crippen LogP contribution in [0.25, 0.3) is 0 Å². The molecular formula is C26H24O3P2S. The highest BCUT2D eigenvalue weighted by Gasteiger charge is 2.34. The van der Waals surface area contributed by atoms with Crippen molar-refractivity contribution in [3.63, 3.8) is 0 Å². The first-order chi connectivity index (χ1) is 15.5. The Balaban J connectivity index is 1.72. The summed E-state index contributed by atoms with van der Waals surface area (Å²) in [6.45, 7) is 0. The van der Waals surface area contributed by atoms with Crippen molar-refractivity contribution in [2.24, 2.45) is 0 Å². The van der Waals surface area contributed by atoms with Crippen molar-refractivity contribution in [3.05, 3.63) is 121 Å². The van der Waals surface area contributed by atoms with E-state index >= 15 is 0 Å². The molecule has 0 aliphatic heterocycles. The molecule has 0 saturated carbocycles. The maximum atomic E-state index is 14.3. The van der Waals surface area contributed by atoms with Gasteiger partial charge in [-0.1, -0.05) is 121 Å². The first-order valence-corrected chi connectivity index (χ1v) is 15.6. The maximum absolute atomic E-state index is 14.3. The Morgan fingerprint density at radius 1 is 0.438 bits per heavy atom. The second-order valence-corrected chi connectivity index (χ2v) is 15.5. The van der Waals surface area contributed by atoms with Crippen molar-refractivity contribution in [2.45, 2.75) is 0 Å². The Morgan fingerprint density at radius 2 is 0.656 bits per heavy atom. The summed E-state index contributed by atoms with van der Waals surface area (Å²) in [6.07, 6.45) is 0. The molecule has 0 aromatic heterocycles. The van der Waals surface area contributed by atoms with Gasteiger partial charge >= 0.3 is 0 Å². The first kappa shape index (κ1) is 22.7. The normalized spacial score (nSPS) is 12.0. The van der Waals surface area contributed by atoms with Gasteiger partial charge in [0.2, 0.25) is 0 Å². The molecule has 0 amide bonds. The van der Waals surface area contributed by atoms with E-state index in [9.17, 15) is 13.3 Å². The zero-order valence-electron chi connectivity index (χ0n) is 17.5. The minimum Gasteiger partial charge on any atom is -0.313 e. The molecule has 4 aromatic rings. The van der Waals surface area contributed by atoms with E-state index in [0.717, 1.165) is 0 Å². The smallest absolute Gasteiger partial charge is 0.155 e. The van der Waals surface area contributed by atoms with Gasteiger partial charge in [0, 0.05) is 32.0 Å². The highest BCUT2D eigenvalue weighted by molar-refractivity contribution is 8.04. The van der Waals surface area contributed by atoms with Crippen molar-refractivity contribution in [3.8, 4) is 0 Å². The van der Waals surface area contributed by atoms with Gasteiger partial charge in [-0.3, -0.25) is 4.21 Å². The summed E-state index contributed by atoms with van der Waals surface area (Å²) in [5.74, 6) is 0. The highest BCUT2D eigenvalue weighted by atomic mass is 32.2. The van der Waals surface area contributed by atoms with Gasteiger partial charge in [-0.2, -0.15) is 0 Å². The predicted octanol–water partition coefficient (Wildman–Crippen LogP) is 4.68. The van der Waals surface area contributed by atoms with Gasteiger partial charge in [-0.25, -0.2) is 0 Å². The molecule has 0 unspecified atom stereocenters. The Bertz CT molecular complexity index is 1090. The molecule has 0 spiro atoms. The minimum atomic E-state index is -3.17. The molecular weight excluding hydrogens is 454 g/mol. The lowest BCUT2D eigenvalue weighted by atomic mass is 10.4. The number of hydrogen-bond acceptors (Lipinski definition) is 3. The summed E-state index contributed by atoms with van der Waals surface area (Å²) in [4.78, 5) is 0. The molecule has 6 heteroatoms. The fraction of sp³-hybridized carbons (Fsp3) is 0.0769. The molecule has 162 valence electrons. The lowest BCUT2D eigenvalue weighted by Crippen LogP contribution is -2.24. The molecule has 0 saturated heterocycles. The topological polar surface area (TPSA) is 51.2 Å². The largest absolute Gasteiger partial charge is 0.313 e. The molecule has 0 radical (unpaired) electrons. The Hall–Kier alpha value is -2.51. The maximum Gasteiger partial charge on any atom is 0.155 e. The van der Waals surface area contributed by atoms with E-state index in [-0.39, 0.29) is 11.0 Å². The molecule has 0 N–H and O–H groups in total. The van der Waals surface area contributed by atoms with Crippen LogP contribution in [0.2, 0.25) is 0 Å². The van der Waals surface area contributed by atoms with E-state index in [1.54, 1.807) is 0 Å². The van der Waals surface area contributed by atoms with Crippen LogP contribution in [-0.2, 0) is 19.9 Å². The van der Waals surface area contributed by atoms with Gasteiger partial charge in [0.15, 0.2) is 14.3 Å². The Kier molecular flexibility index (Phi) is 7.06. The lowest BCUT2D eigenvalue weighted by molar-refractivity contribution is 0.589. The van der Waals surface area contributed by atoms with E-state index in [2.05, 4.69) is 0 Å². The molecule has 0 atom stereocenters. The van der Waals surface area contributed by atoms with Crippen LogP contribution in [0.1, 0.15) is 0 Å². The van der Waals surface area contributed by atoms with Crippen molar-refractivity contribution >= 4 is 46.3 Å². The van der Waals surface area contributed by atoms with Crippen LogP contribution in [0.15, 0.2) is 121 Å². The van der Waals surface area contributed by atoms with Crippen LogP contribution in [0.5, 0.6) is 0 Å². The summed E-state index contributed by atoms with van der Waals surface area (Å²) in [6, 6.07) is 36.7. The van der Waals surface area contributed by atoms with Gasteiger partial charge in [-0.15, -0.1) is 0 Å². The zero-order valence-corrected chi connectivity index (χ0v) is 20.1. The van der Waals surface area contributed by atoms with Crippen LogP contribution in [0.3, 0.4) is 0 Å². The SMILES string of the molecule is O=S(CP(=O)(c1ccccc1)c1ccccc1)CP(=O)(c1ccccc1)c1ccccc1. The zero-order chi connectivity index (χ0) is 22.4. The van der Waals surface area contributed by atoms with Crippen LogP contribution in [-0.4, -0.2) is 15.2 Å². The lowest BCUT2D eigenvalue weighted by Gasteiger charge is -2.22. The third-order valence-electron chi connectivity index (χ3n) is 5.34. The van der Waals surface area contributed by atoms with Gasteiger partial charge in [0.05, 0.1) is 11.0 Å². The summed E-state index contributed by atoms with van der Waals surface area (Å²) in [5.41, 5.74) is -0.102. The predicted molar refractivity (Wildman–Crippen MR) is 137 cm³/mol. The average molecular weight is 478 g/mol. The number of rotatable bonds is 8. The number of benzene rings is 4. The standard InChI is InChI=1S/C26H24O3P2S/c27-30(23-13-5-1-6-14-23,24-15-7-2-8-16-24)21-32(29)22-31(28,25-17-9-3-10-18-25)26-19-11-4-12-20-26/h1-20H,21-22H2. The summed E-state index contributed by atoms with van der Waals surface area (Å²) in [7, 11) is -7.93. The second-order valence-electron chi connectivity index (χ2n) is 7.52. The number of hydrogen-bond donors (Lipinski definition) is 0. The van der Waals surface area contributed by atoms with Crippen molar-refractivity contribution in [1.82, 2.24) is 0 Å². The fourth-order valence-corrected chi connectivity index (χ4v) is 13.6. The quantitative estimate of drug-likeness (QED) is 0.346. The molecule has 4 rings (SSSR count). The van der Waals surface area contributed by atoms with E-state index in [0.29, 0.717) is 21.2 Å². The van der Waals surface area contributed by atoms with E-state index in [1.807, 2.05) is 121 Å². The van der Waals surface area contributed by atoms with Gasteiger partial charge in [0.25, 0.3) is 0 Å². The third-order valence-corrected chi connectivity index (χ3v) is 15.1. The highest BCUT2D eigenvalue weighted by Crippen LogP contribution is 2.48. The molecule has 0 aliphatic rings. The van der Waals surface area contributed by atoms with Crippen LogP contribution in [0.4, 0.5) is 0 Å². The average Bonchev–Trinajstić information content (AvgIpc) is 2.86. The fourth-order valence-electron chi connectivity index (χ4n) is 3.72. The minimum absolute atomic E-state index is 0.0509. The van der Waals surface area contributed by atoms with Gasteiger partial charge in [-0.05, 0) is 0 Å². The van der Waals surface area contributed by atoms with E-state index in [4.69, 9.17) is 0 Å². The third kappa shape index (κ3) is 4.79. The monoisotopic (exact) mass is 478 g/mol. The second kappa shape index (κ2) is 9.96.